The van der Waals surface area contributed by atoms with Crippen LogP contribution in [0.1, 0.15) is 29.9 Å². The minimum atomic E-state index is -3.84. The number of aromatic nitrogens is 1. The Morgan fingerprint density at radius 3 is 2.46 bits per heavy atom. The van der Waals surface area contributed by atoms with E-state index >= 15 is 0 Å². The lowest BCUT2D eigenvalue weighted by atomic mass is 9.97. The summed E-state index contributed by atoms with van der Waals surface area (Å²) in [5.41, 5.74) is -0.368. The van der Waals surface area contributed by atoms with Gasteiger partial charge >= 0.3 is 5.97 Å². The molecule has 0 aliphatic heterocycles. The van der Waals surface area contributed by atoms with Gasteiger partial charge in [-0.2, -0.15) is 0 Å². The van der Waals surface area contributed by atoms with Crippen molar-refractivity contribution in [3.63, 3.8) is 0 Å². The Morgan fingerprint density at radius 2 is 1.89 bits per heavy atom. The smallest absolute Gasteiger partial charge is 0.312 e. The Kier molecular flexibility index (Phi) is 5.98. The molecule has 0 atom stereocenters. The van der Waals surface area contributed by atoms with E-state index in [1.54, 1.807) is 6.92 Å². The van der Waals surface area contributed by atoms with E-state index in [1.165, 1.54) is 63.0 Å². The van der Waals surface area contributed by atoms with E-state index in [9.17, 15) is 22.4 Å². The summed E-state index contributed by atoms with van der Waals surface area (Å²) in [5.74, 6) is -2.04. The topological polar surface area (TPSA) is 94.5 Å². The van der Waals surface area contributed by atoms with Crippen LogP contribution in [0, 0.1) is 18.2 Å². The van der Waals surface area contributed by atoms with Crippen LogP contribution in [-0.4, -0.2) is 37.7 Å². The molecule has 0 aliphatic rings. The predicted octanol–water partition coefficient (Wildman–Crippen LogP) is 2.70. The van der Waals surface area contributed by atoms with E-state index in [0.717, 1.165) is 0 Å². The Bertz CT molecular complexity index is 1020. The number of nitrogens with zero attached hydrogens (tertiary/aromatic N) is 1. The van der Waals surface area contributed by atoms with Gasteiger partial charge in [0.05, 0.1) is 23.2 Å². The highest BCUT2D eigenvalue weighted by Gasteiger charge is 2.36. The van der Waals surface area contributed by atoms with Crippen molar-refractivity contribution in [1.82, 2.24) is 4.57 Å². The van der Waals surface area contributed by atoms with Crippen LogP contribution < -0.4 is 5.32 Å². The SMILES string of the molecule is COC(=O)C(C)(C)CS(=O)(=O)c1cc(C(=O)Nc2ccc(F)c(C)c2)n(C)c1. The number of benzene rings is 1. The lowest BCUT2D eigenvalue weighted by Crippen LogP contribution is -2.33. The molecule has 28 heavy (non-hydrogen) atoms. The molecule has 1 aromatic carbocycles. The van der Waals surface area contributed by atoms with Gasteiger partial charge < -0.3 is 14.6 Å². The molecule has 2 aromatic rings. The lowest BCUT2D eigenvalue weighted by Gasteiger charge is -2.20. The molecular weight excluding hydrogens is 387 g/mol. The molecule has 7 nitrogen and oxygen atoms in total. The highest BCUT2D eigenvalue weighted by Crippen LogP contribution is 2.25. The molecule has 9 heteroatoms. The van der Waals surface area contributed by atoms with Gasteiger partial charge in [0.25, 0.3) is 5.91 Å². The molecule has 1 amide bonds. The standard InChI is InChI=1S/C19H23FN2O5S/c1-12-8-13(6-7-15(12)20)21-17(23)16-9-14(10-22(16)4)28(25,26)11-19(2,3)18(24)27-5/h6-10H,11H2,1-5H3,(H,21,23). The van der Waals surface area contributed by atoms with Crippen LogP contribution in [0.3, 0.4) is 0 Å². The molecule has 0 bridgehead atoms. The fourth-order valence-corrected chi connectivity index (χ4v) is 4.59. The first-order chi connectivity index (χ1) is 12.9. The Labute approximate surface area is 163 Å². The van der Waals surface area contributed by atoms with Crippen molar-refractivity contribution in [3.8, 4) is 0 Å². The molecule has 0 saturated carbocycles. The van der Waals surface area contributed by atoms with Crippen LogP contribution in [-0.2, 0) is 26.4 Å². The summed E-state index contributed by atoms with van der Waals surface area (Å²) < 4.78 is 44.8. The number of anilines is 1. The van der Waals surface area contributed by atoms with E-state index in [1.807, 2.05) is 0 Å². The fraction of sp³-hybridized carbons (Fsp3) is 0.368. The first kappa shape index (κ1) is 21.6. The van der Waals surface area contributed by atoms with E-state index < -0.39 is 38.7 Å². The largest absolute Gasteiger partial charge is 0.469 e. The maximum absolute atomic E-state index is 13.4. The summed E-state index contributed by atoms with van der Waals surface area (Å²) in [7, 11) is -1.11. The quantitative estimate of drug-likeness (QED) is 0.739. The number of sulfone groups is 1. The molecule has 0 radical (unpaired) electrons. The summed E-state index contributed by atoms with van der Waals surface area (Å²) >= 11 is 0. The summed E-state index contributed by atoms with van der Waals surface area (Å²) in [5, 5.41) is 2.61. The van der Waals surface area contributed by atoms with Gasteiger partial charge in [0, 0.05) is 18.9 Å². The van der Waals surface area contributed by atoms with Gasteiger partial charge in [0.2, 0.25) is 0 Å². The van der Waals surface area contributed by atoms with Crippen LogP contribution >= 0.6 is 0 Å². The summed E-state index contributed by atoms with van der Waals surface area (Å²) in [6.07, 6.45) is 1.31. The average Bonchev–Trinajstić information content (AvgIpc) is 2.99. The number of esters is 1. The lowest BCUT2D eigenvalue weighted by molar-refractivity contribution is -0.149. The first-order valence-electron chi connectivity index (χ1n) is 8.42. The monoisotopic (exact) mass is 410 g/mol. The van der Waals surface area contributed by atoms with E-state index in [-0.39, 0.29) is 10.6 Å². The van der Waals surface area contributed by atoms with Gasteiger partial charge in [-0.25, -0.2) is 12.8 Å². The molecule has 1 aromatic heterocycles. The minimum absolute atomic E-state index is 0.0765. The van der Waals surface area contributed by atoms with Crippen molar-refractivity contribution < 1.29 is 27.1 Å². The number of hydrogen-bond donors (Lipinski definition) is 1. The summed E-state index contributed by atoms with van der Waals surface area (Å²) in [6, 6.07) is 5.38. The molecule has 1 N–H and O–H groups in total. The van der Waals surface area contributed by atoms with Crippen LogP contribution in [0.2, 0.25) is 0 Å². The van der Waals surface area contributed by atoms with Crippen molar-refractivity contribution in [1.29, 1.82) is 0 Å². The zero-order valence-corrected chi connectivity index (χ0v) is 17.2. The van der Waals surface area contributed by atoms with Gasteiger partial charge in [0.15, 0.2) is 9.84 Å². The van der Waals surface area contributed by atoms with Crippen molar-refractivity contribution in [2.75, 3.05) is 18.2 Å². The second kappa shape index (κ2) is 7.75. The van der Waals surface area contributed by atoms with Crippen molar-refractivity contribution in [3.05, 3.63) is 47.5 Å². The molecule has 0 spiro atoms. The van der Waals surface area contributed by atoms with E-state index in [4.69, 9.17) is 0 Å². The molecular formula is C19H23FN2O5S. The van der Waals surface area contributed by atoms with Crippen molar-refractivity contribution >= 4 is 27.4 Å². The highest BCUT2D eigenvalue weighted by molar-refractivity contribution is 7.91. The number of hydrogen-bond acceptors (Lipinski definition) is 5. The summed E-state index contributed by atoms with van der Waals surface area (Å²) in [4.78, 5) is 24.2. The first-order valence-corrected chi connectivity index (χ1v) is 10.1. The Hall–Kier alpha value is -2.68. The fourth-order valence-electron chi connectivity index (χ4n) is 2.74. The second-order valence-electron chi connectivity index (χ2n) is 7.22. The third kappa shape index (κ3) is 4.59. The molecule has 0 unspecified atom stereocenters. The van der Waals surface area contributed by atoms with Gasteiger partial charge in [0.1, 0.15) is 11.5 Å². The second-order valence-corrected chi connectivity index (χ2v) is 9.21. The van der Waals surface area contributed by atoms with E-state index in [2.05, 4.69) is 10.1 Å². The number of aryl methyl sites for hydroxylation is 2. The van der Waals surface area contributed by atoms with Crippen LogP contribution in [0.15, 0.2) is 35.4 Å². The molecule has 152 valence electrons. The number of carbonyl (C=O) groups is 2. The summed E-state index contributed by atoms with van der Waals surface area (Å²) in [6.45, 7) is 4.52. The number of nitrogens with one attached hydrogen (secondary N) is 1. The normalized spacial score (nSPS) is 11.9. The third-order valence-electron chi connectivity index (χ3n) is 4.28. The maximum atomic E-state index is 13.4. The minimum Gasteiger partial charge on any atom is -0.469 e. The van der Waals surface area contributed by atoms with Gasteiger partial charge in [-0.15, -0.1) is 0 Å². The van der Waals surface area contributed by atoms with E-state index in [0.29, 0.717) is 11.3 Å². The zero-order chi connectivity index (χ0) is 21.3. The number of methoxy groups -OCH3 is 1. The van der Waals surface area contributed by atoms with Gasteiger partial charge in [-0.3, -0.25) is 9.59 Å². The zero-order valence-electron chi connectivity index (χ0n) is 16.4. The average molecular weight is 410 g/mol. The van der Waals surface area contributed by atoms with Crippen molar-refractivity contribution in [2.45, 2.75) is 25.7 Å². The molecule has 0 fully saturated rings. The van der Waals surface area contributed by atoms with Crippen LogP contribution in [0.25, 0.3) is 0 Å². The molecule has 0 saturated heterocycles. The molecule has 0 aliphatic carbocycles. The number of amides is 1. The van der Waals surface area contributed by atoms with Crippen molar-refractivity contribution in [2.24, 2.45) is 12.5 Å². The Morgan fingerprint density at radius 1 is 1.25 bits per heavy atom. The molecule has 2 rings (SSSR count). The number of carbonyl (C=O) groups excluding carboxylic acids is 2. The van der Waals surface area contributed by atoms with Gasteiger partial charge in [-0.1, -0.05) is 0 Å². The van der Waals surface area contributed by atoms with Gasteiger partial charge in [-0.05, 0) is 50.6 Å². The predicted molar refractivity (Wildman–Crippen MR) is 102 cm³/mol. The van der Waals surface area contributed by atoms with Crippen LogP contribution in [0.4, 0.5) is 10.1 Å². The maximum Gasteiger partial charge on any atom is 0.312 e. The number of ether oxygens (including phenoxy) is 1. The third-order valence-corrected chi connectivity index (χ3v) is 6.32. The Balaban J connectivity index is 2.27. The number of rotatable bonds is 6. The molecule has 1 heterocycles. The van der Waals surface area contributed by atoms with Crippen LogP contribution in [0.5, 0.6) is 0 Å². The highest BCUT2D eigenvalue weighted by atomic mass is 32.2. The number of halogens is 1.